The van der Waals surface area contributed by atoms with Crippen molar-refractivity contribution in [2.24, 2.45) is 0 Å². The fraction of sp³-hybridized carbons (Fsp3) is 0. The summed E-state index contributed by atoms with van der Waals surface area (Å²) in [5.41, 5.74) is 6.24. The van der Waals surface area contributed by atoms with Gasteiger partial charge in [0.05, 0.1) is 5.56 Å². The number of nitrogen functional groups attached to an aromatic ring is 1. The molecule has 0 radical (unpaired) electrons. The van der Waals surface area contributed by atoms with Crippen LogP contribution < -0.4 is 5.73 Å². The van der Waals surface area contributed by atoms with Crippen molar-refractivity contribution >= 4 is 32.5 Å². The topological polar surface area (TPSA) is 62.7 Å². The summed E-state index contributed by atoms with van der Waals surface area (Å²) in [7, 11) is 0. The fourth-order valence-corrected chi connectivity index (χ4v) is 1.94. The summed E-state index contributed by atoms with van der Waals surface area (Å²) in [5.74, 6) is 0.445. The van der Waals surface area contributed by atoms with E-state index in [2.05, 4.69) is 27.0 Å². The van der Waals surface area contributed by atoms with E-state index in [0.29, 0.717) is 11.4 Å². The molecule has 1 aromatic heterocycles. The van der Waals surface area contributed by atoms with Crippen LogP contribution in [0.4, 0.5) is 5.82 Å². The van der Waals surface area contributed by atoms with Gasteiger partial charge in [0, 0.05) is 21.4 Å². The lowest BCUT2D eigenvalue weighted by molar-refractivity contribution is 1.34. The number of halogens is 1. The van der Waals surface area contributed by atoms with Crippen LogP contribution in [0.1, 0.15) is 5.56 Å². The highest BCUT2D eigenvalue weighted by atomic mass is 79.9. The summed E-state index contributed by atoms with van der Waals surface area (Å²) in [6.45, 7) is 0. The number of nitrogens with zero attached hydrogens (tertiary/aromatic N) is 2. The first-order valence-corrected chi connectivity index (χ1v) is 4.76. The number of fused-ring (bicyclic) bond motifs is 1. The number of hydrogen-bond acceptors (Lipinski definition) is 3. The molecule has 2 rings (SSSR count). The Morgan fingerprint density at radius 3 is 2.93 bits per heavy atom. The van der Waals surface area contributed by atoms with Crippen LogP contribution in [0.2, 0.25) is 0 Å². The number of nitriles is 1. The Morgan fingerprint density at radius 2 is 2.21 bits per heavy atom. The van der Waals surface area contributed by atoms with Gasteiger partial charge in [-0.15, -0.1) is 0 Å². The lowest BCUT2D eigenvalue weighted by atomic mass is 10.1. The third-order valence-corrected chi connectivity index (χ3v) is 2.67. The second-order valence-electron chi connectivity index (χ2n) is 2.83. The molecule has 3 nitrogen and oxygen atoms in total. The van der Waals surface area contributed by atoms with Crippen LogP contribution >= 0.6 is 15.9 Å². The Labute approximate surface area is 89.3 Å². The zero-order chi connectivity index (χ0) is 10.1. The highest BCUT2D eigenvalue weighted by molar-refractivity contribution is 9.10. The Bertz CT molecular complexity index is 543. The maximum absolute atomic E-state index is 8.90. The number of pyridine rings is 1. The van der Waals surface area contributed by atoms with Crippen LogP contribution in [0.3, 0.4) is 0 Å². The molecule has 1 heterocycles. The van der Waals surface area contributed by atoms with E-state index in [1.807, 2.05) is 18.2 Å². The number of anilines is 1. The molecule has 0 aliphatic carbocycles. The first-order valence-electron chi connectivity index (χ1n) is 3.97. The molecule has 0 atom stereocenters. The zero-order valence-corrected chi connectivity index (χ0v) is 8.75. The van der Waals surface area contributed by atoms with E-state index in [1.165, 1.54) is 6.20 Å². The molecular weight excluding hydrogens is 242 g/mol. The summed E-state index contributed by atoms with van der Waals surface area (Å²) < 4.78 is 0.862. The maximum Gasteiger partial charge on any atom is 0.131 e. The maximum atomic E-state index is 8.90. The number of rotatable bonds is 0. The third kappa shape index (κ3) is 1.22. The molecule has 14 heavy (non-hydrogen) atoms. The van der Waals surface area contributed by atoms with E-state index >= 15 is 0 Å². The average Bonchev–Trinajstić information content (AvgIpc) is 2.20. The Kier molecular flexibility index (Phi) is 2.10. The molecular formula is C10H6BrN3. The predicted octanol–water partition coefficient (Wildman–Crippen LogP) is 2.45. The zero-order valence-electron chi connectivity index (χ0n) is 7.16. The smallest absolute Gasteiger partial charge is 0.131 e. The normalized spacial score (nSPS) is 10.0. The molecule has 0 fully saturated rings. The number of aromatic nitrogens is 1. The molecule has 0 bridgehead atoms. The van der Waals surface area contributed by atoms with E-state index in [-0.39, 0.29) is 0 Å². The molecule has 68 valence electrons. The number of hydrogen-bond donors (Lipinski definition) is 1. The molecule has 0 amide bonds. The summed E-state index contributed by atoms with van der Waals surface area (Å²) in [6, 6.07) is 7.68. The molecule has 0 aliphatic heterocycles. The second-order valence-corrected chi connectivity index (χ2v) is 3.69. The van der Waals surface area contributed by atoms with Gasteiger partial charge in [0.2, 0.25) is 0 Å². The standard InChI is InChI=1S/C10H6BrN3/c11-8-3-1-2-7-9(8)6(4-12)5-14-10(7)13/h1-3,5H,(H2,13,14). The summed E-state index contributed by atoms with van der Waals surface area (Å²) in [6.07, 6.45) is 1.49. The second kappa shape index (κ2) is 3.28. The van der Waals surface area contributed by atoms with E-state index < -0.39 is 0 Å². The highest BCUT2D eigenvalue weighted by Crippen LogP contribution is 2.29. The summed E-state index contributed by atoms with van der Waals surface area (Å²) >= 11 is 3.39. The van der Waals surface area contributed by atoms with Gasteiger partial charge in [0.25, 0.3) is 0 Å². The molecule has 0 saturated heterocycles. The highest BCUT2D eigenvalue weighted by Gasteiger charge is 2.07. The van der Waals surface area contributed by atoms with Crippen LogP contribution in [0.5, 0.6) is 0 Å². The van der Waals surface area contributed by atoms with Crippen molar-refractivity contribution in [2.75, 3.05) is 5.73 Å². The van der Waals surface area contributed by atoms with Gasteiger partial charge in [-0.1, -0.05) is 28.1 Å². The van der Waals surface area contributed by atoms with Crippen LogP contribution in [0.25, 0.3) is 10.8 Å². The SMILES string of the molecule is N#Cc1cnc(N)c2cccc(Br)c12. The van der Waals surface area contributed by atoms with E-state index in [9.17, 15) is 0 Å². The first kappa shape index (κ1) is 8.97. The van der Waals surface area contributed by atoms with Crippen molar-refractivity contribution in [1.82, 2.24) is 4.98 Å². The molecule has 0 spiro atoms. The quantitative estimate of drug-likeness (QED) is 0.778. The number of benzene rings is 1. The summed E-state index contributed by atoms with van der Waals surface area (Å²) in [4.78, 5) is 3.95. The van der Waals surface area contributed by atoms with E-state index in [0.717, 1.165) is 15.2 Å². The molecule has 1 aromatic carbocycles. The lowest BCUT2D eigenvalue weighted by Crippen LogP contribution is -1.93. The predicted molar refractivity (Wildman–Crippen MR) is 58.6 cm³/mol. The van der Waals surface area contributed by atoms with Gasteiger partial charge in [0.1, 0.15) is 11.9 Å². The molecule has 2 N–H and O–H groups in total. The van der Waals surface area contributed by atoms with E-state index in [4.69, 9.17) is 11.0 Å². The average molecular weight is 248 g/mol. The van der Waals surface area contributed by atoms with Crippen LogP contribution in [-0.4, -0.2) is 4.98 Å². The van der Waals surface area contributed by atoms with Gasteiger partial charge in [-0.2, -0.15) is 5.26 Å². The Balaban J connectivity index is 3.01. The van der Waals surface area contributed by atoms with Gasteiger partial charge in [-0.3, -0.25) is 0 Å². The summed E-state index contributed by atoms with van der Waals surface area (Å²) in [5, 5.41) is 10.5. The number of nitrogens with two attached hydrogens (primary N) is 1. The molecule has 0 aliphatic rings. The van der Waals surface area contributed by atoms with Gasteiger partial charge in [0.15, 0.2) is 0 Å². The largest absolute Gasteiger partial charge is 0.383 e. The minimum atomic E-state index is 0.445. The minimum Gasteiger partial charge on any atom is -0.383 e. The van der Waals surface area contributed by atoms with Crippen LogP contribution in [0.15, 0.2) is 28.9 Å². The van der Waals surface area contributed by atoms with Gasteiger partial charge >= 0.3 is 0 Å². The van der Waals surface area contributed by atoms with E-state index in [1.54, 1.807) is 0 Å². The monoisotopic (exact) mass is 247 g/mol. The third-order valence-electron chi connectivity index (χ3n) is 2.01. The minimum absolute atomic E-state index is 0.445. The molecule has 0 unspecified atom stereocenters. The Morgan fingerprint density at radius 1 is 1.43 bits per heavy atom. The van der Waals surface area contributed by atoms with Gasteiger partial charge in [-0.05, 0) is 6.07 Å². The van der Waals surface area contributed by atoms with Crippen LogP contribution in [-0.2, 0) is 0 Å². The van der Waals surface area contributed by atoms with Crippen molar-refractivity contribution in [3.8, 4) is 6.07 Å². The first-order chi connectivity index (χ1) is 6.74. The van der Waals surface area contributed by atoms with Crippen LogP contribution in [0, 0.1) is 11.3 Å². The van der Waals surface area contributed by atoms with Crippen molar-refractivity contribution in [2.45, 2.75) is 0 Å². The fourth-order valence-electron chi connectivity index (χ4n) is 1.36. The van der Waals surface area contributed by atoms with Gasteiger partial charge < -0.3 is 5.73 Å². The van der Waals surface area contributed by atoms with Crippen molar-refractivity contribution < 1.29 is 0 Å². The molecule has 2 aromatic rings. The van der Waals surface area contributed by atoms with Gasteiger partial charge in [-0.25, -0.2) is 4.98 Å². The molecule has 4 heteroatoms. The lowest BCUT2D eigenvalue weighted by Gasteiger charge is -2.04. The molecule has 0 saturated carbocycles. The van der Waals surface area contributed by atoms with Crippen molar-refractivity contribution in [3.05, 3.63) is 34.4 Å². The Hall–Kier alpha value is -1.60. The van der Waals surface area contributed by atoms with Crippen molar-refractivity contribution in [3.63, 3.8) is 0 Å². The van der Waals surface area contributed by atoms with Crippen molar-refractivity contribution in [1.29, 1.82) is 5.26 Å².